The molecule has 0 radical (unpaired) electrons. The van der Waals surface area contributed by atoms with Crippen molar-refractivity contribution in [1.29, 1.82) is 0 Å². The van der Waals surface area contributed by atoms with Gasteiger partial charge in [0.05, 0.1) is 5.56 Å². The maximum Gasteiger partial charge on any atom is 0.326 e. The number of nitrogens with one attached hydrogen (secondary N) is 1. The maximum absolute atomic E-state index is 12.7. The van der Waals surface area contributed by atoms with E-state index in [4.69, 9.17) is 4.42 Å². The number of aryl methyl sites for hydroxylation is 2. The van der Waals surface area contributed by atoms with Crippen LogP contribution in [0.15, 0.2) is 34.7 Å². The Morgan fingerprint density at radius 2 is 1.92 bits per heavy atom. The van der Waals surface area contributed by atoms with E-state index in [1.54, 1.807) is 6.92 Å². The van der Waals surface area contributed by atoms with Gasteiger partial charge in [0.1, 0.15) is 17.6 Å². The van der Waals surface area contributed by atoms with Crippen molar-refractivity contribution in [2.45, 2.75) is 45.1 Å². The normalized spacial score (nSPS) is 14.7. The number of benzene rings is 1. The highest BCUT2D eigenvalue weighted by atomic mass is 16.4. The van der Waals surface area contributed by atoms with Gasteiger partial charge >= 0.3 is 5.97 Å². The Morgan fingerprint density at radius 1 is 1.21 bits per heavy atom. The first kappa shape index (κ1) is 16.3. The minimum Gasteiger partial charge on any atom is -0.480 e. The van der Waals surface area contributed by atoms with Gasteiger partial charge in [0.2, 0.25) is 0 Å². The van der Waals surface area contributed by atoms with E-state index in [1.807, 2.05) is 30.3 Å². The molecule has 0 aliphatic heterocycles. The number of amides is 1. The van der Waals surface area contributed by atoms with E-state index in [0.29, 0.717) is 11.3 Å². The van der Waals surface area contributed by atoms with Crippen molar-refractivity contribution < 1.29 is 19.1 Å². The standard InChI is InChI=1S/C19H21NO4/c1-12-17(14-9-5-6-10-16(14)24-12)18(21)20-15(19(22)23)11-13-7-3-2-4-8-13/h2-4,7-8,15H,5-6,9-11H2,1H3,(H,20,21)(H,22,23). The molecule has 24 heavy (non-hydrogen) atoms. The number of carboxylic acids is 1. The van der Waals surface area contributed by atoms with Crippen LogP contribution in [0.4, 0.5) is 0 Å². The zero-order chi connectivity index (χ0) is 17.1. The van der Waals surface area contributed by atoms with Crippen LogP contribution in [0.3, 0.4) is 0 Å². The van der Waals surface area contributed by atoms with Gasteiger partial charge in [0.15, 0.2) is 0 Å². The number of rotatable bonds is 5. The summed E-state index contributed by atoms with van der Waals surface area (Å²) in [6, 6.07) is 8.33. The van der Waals surface area contributed by atoms with E-state index in [0.717, 1.165) is 42.6 Å². The lowest BCUT2D eigenvalue weighted by molar-refractivity contribution is -0.139. The summed E-state index contributed by atoms with van der Waals surface area (Å²) in [6.45, 7) is 1.76. The average Bonchev–Trinajstić information content (AvgIpc) is 2.90. The molecule has 126 valence electrons. The highest BCUT2D eigenvalue weighted by Crippen LogP contribution is 2.29. The second kappa shape index (κ2) is 6.91. The molecule has 1 amide bonds. The summed E-state index contributed by atoms with van der Waals surface area (Å²) in [5.41, 5.74) is 2.33. The Morgan fingerprint density at radius 3 is 2.62 bits per heavy atom. The molecule has 0 saturated heterocycles. The van der Waals surface area contributed by atoms with E-state index in [2.05, 4.69) is 5.32 Å². The molecule has 0 fully saturated rings. The Bertz CT molecular complexity index is 748. The SMILES string of the molecule is Cc1oc2c(c1C(=O)NC(Cc1ccccc1)C(=O)O)CCCC2. The van der Waals surface area contributed by atoms with E-state index >= 15 is 0 Å². The van der Waals surface area contributed by atoms with Crippen molar-refractivity contribution in [3.63, 3.8) is 0 Å². The fourth-order valence-corrected chi connectivity index (χ4v) is 3.28. The number of hydrogen-bond acceptors (Lipinski definition) is 3. The number of carboxylic acid groups (broad SMARTS) is 1. The number of carbonyl (C=O) groups excluding carboxylic acids is 1. The van der Waals surface area contributed by atoms with Gasteiger partial charge < -0.3 is 14.8 Å². The Hall–Kier alpha value is -2.56. The lowest BCUT2D eigenvalue weighted by atomic mass is 9.94. The van der Waals surface area contributed by atoms with Crippen LogP contribution in [0.2, 0.25) is 0 Å². The molecular formula is C19H21NO4. The summed E-state index contributed by atoms with van der Waals surface area (Å²) in [6.07, 6.45) is 3.99. The smallest absolute Gasteiger partial charge is 0.326 e. The molecule has 1 atom stereocenters. The largest absolute Gasteiger partial charge is 0.480 e. The summed E-state index contributed by atoms with van der Waals surface area (Å²) in [7, 11) is 0. The van der Waals surface area contributed by atoms with Crippen LogP contribution in [-0.4, -0.2) is 23.0 Å². The highest BCUT2D eigenvalue weighted by molar-refractivity contribution is 5.99. The molecule has 3 rings (SSSR count). The zero-order valence-corrected chi connectivity index (χ0v) is 13.7. The minimum absolute atomic E-state index is 0.251. The molecular weight excluding hydrogens is 306 g/mol. The Kier molecular flexibility index (Phi) is 4.69. The summed E-state index contributed by atoms with van der Waals surface area (Å²) in [5.74, 6) is 0.0482. The summed E-state index contributed by atoms with van der Waals surface area (Å²) in [5, 5.41) is 12.1. The molecule has 5 heteroatoms. The third kappa shape index (κ3) is 3.35. The first-order valence-electron chi connectivity index (χ1n) is 8.25. The molecule has 0 spiro atoms. The van der Waals surface area contributed by atoms with Crippen LogP contribution in [0.25, 0.3) is 0 Å². The van der Waals surface area contributed by atoms with Crippen LogP contribution in [-0.2, 0) is 24.1 Å². The fourth-order valence-electron chi connectivity index (χ4n) is 3.28. The van der Waals surface area contributed by atoms with Crippen molar-refractivity contribution in [3.05, 3.63) is 58.5 Å². The summed E-state index contributed by atoms with van der Waals surface area (Å²) < 4.78 is 5.71. The summed E-state index contributed by atoms with van der Waals surface area (Å²) in [4.78, 5) is 24.2. The molecule has 1 heterocycles. The second-order valence-electron chi connectivity index (χ2n) is 6.20. The average molecular weight is 327 g/mol. The molecule has 2 N–H and O–H groups in total. The van der Waals surface area contributed by atoms with Gasteiger partial charge in [-0.2, -0.15) is 0 Å². The van der Waals surface area contributed by atoms with Gasteiger partial charge in [-0.1, -0.05) is 30.3 Å². The molecule has 1 aromatic carbocycles. The predicted octanol–water partition coefficient (Wildman–Crippen LogP) is 2.89. The van der Waals surface area contributed by atoms with Gasteiger partial charge in [-0.05, 0) is 31.7 Å². The molecule has 1 unspecified atom stereocenters. The maximum atomic E-state index is 12.7. The Labute approximate surface area is 140 Å². The van der Waals surface area contributed by atoms with E-state index < -0.39 is 12.0 Å². The van der Waals surface area contributed by atoms with Crippen LogP contribution in [0.5, 0.6) is 0 Å². The van der Waals surface area contributed by atoms with Crippen molar-refractivity contribution in [3.8, 4) is 0 Å². The zero-order valence-electron chi connectivity index (χ0n) is 13.7. The van der Waals surface area contributed by atoms with Crippen LogP contribution < -0.4 is 5.32 Å². The third-order valence-electron chi connectivity index (χ3n) is 4.46. The van der Waals surface area contributed by atoms with Gasteiger partial charge in [0.25, 0.3) is 5.91 Å². The number of carbonyl (C=O) groups is 2. The van der Waals surface area contributed by atoms with Crippen molar-refractivity contribution in [1.82, 2.24) is 5.32 Å². The van der Waals surface area contributed by atoms with E-state index in [-0.39, 0.29) is 12.3 Å². The number of aliphatic carboxylic acids is 1. The Balaban J connectivity index is 1.79. The second-order valence-corrected chi connectivity index (χ2v) is 6.20. The third-order valence-corrected chi connectivity index (χ3v) is 4.46. The molecule has 1 aromatic heterocycles. The van der Waals surface area contributed by atoms with E-state index in [9.17, 15) is 14.7 Å². The number of fused-ring (bicyclic) bond motifs is 1. The van der Waals surface area contributed by atoms with Gasteiger partial charge in [-0.15, -0.1) is 0 Å². The van der Waals surface area contributed by atoms with Crippen LogP contribution in [0.1, 0.15) is 45.8 Å². The molecule has 5 nitrogen and oxygen atoms in total. The van der Waals surface area contributed by atoms with E-state index in [1.165, 1.54) is 0 Å². The summed E-state index contributed by atoms with van der Waals surface area (Å²) >= 11 is 0. The van der Waals surface area contributed by atoms with Crippen molar-refractivity contribution in [2.75, 3.05) is 0 Å². The highest BCUT2D eigenvalue weighted by Gasteiger charge is 2.28. The fraction of sp³-hybridized carbons (Fsp3) is 0.368. The first-order chi connectivity index (χ1) is 11.6. The molecule has 2 aromatic rings. The molecule has 0 saturated carbocycles. The predicted molar refractivity (Wildman–Crippen MR) is 89.1 cm³/mol. The first-order valence-corrected chi connectivity index (χ1v) is 8.25. The van der Waals surface area contributed by atoms with Gasteiger partial charge in [0, 0.05) is 18.4 Å². The monoisotopic (exact) mass is 327 g/mol. The van der Waals surface area contributed by atoms with Crippen LogP contribution in [0, 0.1) is 6.92 Å². The number of furan rings is 1. The van der Waals surface area contributed by atoms with Gasteiger partial charge in [-0.25, -0.2) is 4.79 Å². The topological polar surface area (TPSA) is 79.5 Å². The molecule has 1 aliphatic carbocycles. The van der Waals surface area contributed by atoms with Crippen molar-refractivity contribution >= 4 is 11.9 Å². The number of hydrogen-bond donors (Lipinski definition) is 2. The quantitative estimate of drug-likeness (QED) is 0.885. The lowest BCUT2D eigenvalue weighted by Crippen LogP contribution is -2.42. The van der Waals surface area contributed by atoms with Crippen molar-refractivity contribution in [2.24, 2.45) is 0 Å². The molecule has 1 aliphatic rings. The van der Waals surface area contributed by atoms with Gasteiger partial charge in [-0.3, -0.25) is 4.79 Å². The molecule has 0 bridgehead atoms. The van der Waals surface area contributed by atoms with Crippen LogP contribution >= 0.6 is 0 Å². The lowest BCUT2D eigenvalue weighted by Gasteiger charge is -2.16. The minimum atomic E-state index is -1.04.